The predicted octanol–water partition coefficient (Wildman–Crippen LogP) is 9.10. The molecule has 1 heterocycles. The zero-order valence-electron chi connectivity index (χ0n) is 24.8. The first-order valence-corrected chi connectivity index (χ1v) is 15.5. The number of aryl methyl sites for hydroxylation is 1. The third kappa shape index (κ3) is 9.30. The molecular weight excluding hydrogens is 496 g/mol. The third-order valence-corrected chi connectivity index (χ3v) is 9.37. The molecule has 1 aromatic heterocycles. The van der Waals surface area contributed by atoms with Crippen LogP contribution in [0.2, 0.25) is 0 Å². The monoisotopic (exact) mass is 546 g/mol. The molecule has 1 aromatic rings. The second-order valence-corrected chi connectivity index (χ2v) is 13.2. The number of esters is 1. The van der Waals surface area contributed by atoms with Gasteiger partial charge in [-0.25, -0.2) is 4.79 Å². The molecule has 0 aliphatic heterocycles. The molecule has 0 radical (unpaired) electrons. The topological polar surface area (TPSA) is 95.4 Å². The SMILES string of the molecule is CCCC(C)(C)CCCc1cc(N(C(=O)C2CCC(C)CC2)C(CC)CCC(C)N=[N+]=[N-])c(C(=O)OC)s1. The lowest BCUT2D eigenvalue weighted by atomic mass is 9.82. The van der Waals surface area contributed by atoms with Gasteiger partial charge in [0.25, 0.3) is 0 Å². The molecule has 1 amide bonds. The summed E-state index contributed by atoms with van der Waals surface area (Å²) in [6.45, 7) is 13.1. The van der Waals surface area contributed by atoms with Crippen LogP contribution in [0.4, 0.5) is 5.69 Å². The number of nitrogens with zero attached hydrogens (tertiary/aromatic N) is 4. The molecule has 0 bridgehead atoms. The Bertz CT molecular complexity index is 945. The Balaban J connectivity index is 2.42. The second-order valence-electron chi connectivity index (χ2n) is 12.0. The van der Waals surface area contributed by atoms with Gasteiger partial charge in [0.15, 0.2) is 0 Å². The van der Waals surface area contributed by atoms with Crippen LogP contribution in [0, 0.1) is 17.3 Å². The Hall–Kier alpha value is -2.05. The van der Waals surface area contributed by atoms with E-state index in [2.05, 4.69) is 50.7 Å². The molecule has 0 N–H and O–H groups in total. The van der Waals surface area contributed by atoms with Gasteiger partial charge in [-0.05, 0) is 93.6 Å². The summed E-state index contributed by atoms with van der Waals surface area (Å²) >= 11 is 1.47. The summed E-state index contributed by atoms with van der Waals surface area (Å²) in [6.07, 6.45) is 11.5. The molecule has 8 heteroatoms. The minimum Gasteiger partial charge on any atom is -0.465 e. The van der Waals surface area contributed by atoms with E-state index >= 15 is 0 Å². The number of carbonyl (C=O) groups excluding carboxylic acids is 2. The molecule has 214 valence electrons. The van der Waals surface area contributed by atoms with Crippen LogP contribution in [0.3, 0.4) is 0 Å². The summed E-state index contributed by atoms with van der Waals surface area (Å²) in [4.78, 5) is 33.7. The highest BCUT2D eigenvalue weighted by molar-refractivity contribution is 7.14. The van der Waals surface area contributed by atoms with Gasteiger partial charge in [-0.15, -0.1) is 11.3 Å². The van der Waals surface area contributed by atoms with Crippen LogP contribution in [0.5, 0.6) is 0 Å². The molecule has 1 aliphatic rings. The van der Waals surface area contributed by atoms with Crippen molar-refractivity contribution in [3.63, 3.8) is 0 Å². The van der Waals surface area contributed by atoms with Gasteiger partial charge in [-0.2, -0.15) is 0 Å². The van der Waals surface area contributed by atoms with Crippen molar-refractivity contribution >= 4 is 28.9 Å². The standard InChI is InChI=1S/C30H50N4O3S/c1-8-18-30(5,6)19-10-11-25-20-26(27(38-25)29(36)37-7)34(24(9-2)17-14-22(4)32-33-31)28(35)23-15-12-21(3)13-16-23/h20-24H,8-19H2,1-7H3. The summed E-state index contributed by atoms with van der Waals surface area (Å²) in [5.74, 6) is 0.363. The van der Waals surface area contributed by atoms with E-state index in [4.69, 9.17) is 10.3 Å². The summed E-state index contributed by atoms with van der Waals surface area (Å²) in [7, 11) is 1.41. The maximum absolute atomic E-state index is 14.2. The van der Waals surface area contributed by atoms with Gasteiger partial charge in [0, 0.05) is 27.8 Å². The van der Waals surface area contributed by atoms with Crippen molar-refractivity contribution in [2.24, 2.45) is 22.4 Å². The van der Waals surface area contributed by atoms with Gasteiger partial charge in [0.1, 0.15) is 4.88 Å². The first-order valence-electron chi connectivity index (χ1n) is 14.6. The second kappa shape index (κ2) is 15.5. The maximum atomic E-state index is 14.2. The number of anilines is 1. The minimum absolute atomic E-state index is 0.0292. The molecule has 1 saturated carbocycles. The first-order chi connectivity index (χ1) is 18.1. The largest absolute Gasteiger partial charge is 0.465 e. The average molecular weight is 547 g/mol. The lowest BCUT2D eigenvalue weighted by Gasteiger charge is -2.36. The first kappa shape index (κ1) is 32.2. The van der Waals surface area contributed by atoms with E-state index in [1.54, 1.807) is 0 Å². The normalized spacial score (nSPS) is 19.3. The third-order valence-electron chi connectivity index (χ3n) is 8.20. The Morgan fingerprint density at radius 3 is 2.47 bits per heavy atom. The number of thiophene rings is 1. The summed E-state index contributed by atoms with van der Waals surface area (Å²) in [6, 6.07) is 1.85. The molecule has 0 aromatic carbocycles. The molecule has 7 nitrogen and oxygen atoms in total. The van der Waals surface area contributed by atoms with E-state index in [1.807, 2.05) is 11.8 Å². The number of carbonyl (C=O) groups is 2. The van der Waals surface area contributed by atoms with Gasteiger partial charge in [0.05, 0.1) is 12.8 Å². The van der Waals surface area contributed by atoms with Crippen molar-refractivity contribution < 1.29 is 14.3 Å². The van der Waals surface area contributed by atoms with Crippen LogP contribution in [0.25, 0.3) is 10.4 Å². The zero-order valence-corrected chi connectivity index (χ0v) is 25.6. The van der Waals surface area contributed by atoms with Crippen LogP contribution in [0.15, 0.2) is 11.2 Å². The van der Waals surface area contributed by atoms with E-state index in [-0.39, 0.29) is 29.9 Å². The quantitative estimate of drug-likeness (QED) is 0.0949. The number of methoxy groups -OCH3 is 1. The van der Waals surface area contributed by atoms with Crippen molar-refractivity contribution in [1.82, 2.24) is 0 Å². The molecule has 0 spiro atoms. The lowest BCUT2D eigenvalue weighted by Crippen LogP contribution is -2.45. The molecule has 0 saturated heterocycles. The number of ether oxygens (including phenoxy) is 1. The molecular formula is C30H50N4O3S. The minimum atomic E-state index is -0.380. The number of hydrogen-bond donors (Lipinski definition) is 0. The van der Waals surface area contributed by atoms with E-state index < -0.39 is 0 Å². The fourth-order valence-corrected chi connectivity index (χ4v) is 6.92. The molecule has 1 aliphatic carbocycles. The Labute approximate surface area is 234 Å². The molecule has 2 atom stereocenters. The molecule has 1 fully saturated rings. The van der Waals surface area contributed by atoms with Gasteiger partial charge >= 0.3 is 5.97 Å². The van der Waals surface area contributed by atoms with E-state index in [0.29, 0.717) is 34.7 Å². The van der Waals surface area contributed by atoms with Crippen molar-refractivity contribution in [2.75, 3.05) is 12.0 Å². The van der Waals surface area contributed by atoms with Gasteiger partial charge in [0.2, 0.25) is 5.91 Å². The molecule has 2 rings (SSSR count). The number of amides is 1. The van der Waals surface area contributed by atoms with Crippen molar-refractivity contribution in [3.8, 4) is 0 Å². The van der Waals surface area contributed by atoms with Gasteiger partial charge in [-0.3, -0.25) is 4.79 Å². The molecule has 2 unspecified atom stereocenters. The fraction of sp³-hybridized carbons (Fsp3) is 0.800. The fourth-order valence-electron chi connectivity index (χ4n) is 5.81. The van der Waals surface area contributed by atoms with Crippen molar-refractivity contribution in [2.45, 2.75) is 131 Å². The lowest BCUT2D eigenvalue weighted by molar-refractivity contribution is -0.124. The average Bonchev–Trinajstić information content (AvgIpc) is 3.29. The highest BCUT2D eigenvalue weighted by Crippen LogP contribution is 2.39. The van der Waals surface area contributed by atoms with Crippen LogP contribution in [0.1, 0.15) is 127 Å². The van der Waals surface area contributed by atoms with Gasteiger partial charge < -0.3 is 9.64 Å². The van der Waals surface area contributed by atoms with Crippen molar-refractivity contribution in [3.05, 3.63) is 26.3 Å². The van der Waals surface area contributed by atoms with E-state index in [0.717, 1.165) is 56.2 Å². The summed E-state index contributed by atoms with van der Waals surface area (Å²) < 4.78 is 5.19. The van der Waals surface area contributed by atoms with Crippen LogP contribution >= 0.6 is 11.3 Å². The van der Waals surface area contributed by atoms with Crippen LogP contribution < -0.4 is 4.90 Å². The van der Waals surface area contributed by atoms with E-state index in [9.17, 15) is 9.59 Å². The number of azide groups is 1. The van der Waals surface area contributed by atoms with Crippen LogP contribution in [-0.4, -0.2) is 31.1 Å². The van der Waals surface area contributed by atoms with Gasteiger partial charge in [-0.1, -0.05) is 53.1 Å². The highest BCUT2D eigenvalue weighted by Gasteiger charge is 2.35. The van der Waals surface area contributed by atoms with E-state index in [1.165, 1.54) is 31.3 Å². The van der Waals surface area contributed by atoms with Crippen molar-refractivity contribution in [1.29, 1.82) is 0 Å². The Morgan fingerprint density at radius 2 is 1.89 bits per heavy atom. The maximum Gasteiger partial charge on any atom is 0.350 e. The smallest absolute Gasteiger partial charge is 0.350 e. The molecule has 38 heavy (non-hydrogen) atoms. The summed E-state index contributed by atoms with van der Waals surface area (Å²) in [5.41, 5.74) is 9.85. The number of rotatable bonds is 15. The number of hydrogen-bond acceptors (Lipinski definition) is 5. The zero-order chi connectivity index (χ0) is 28.3. The summed E-state index contributed by atoms with van der Waals surface area (Å²) in [5, 5.41) is 3.84. The predicted molar refractivity (Wildman–Crippen MR) is 158 cm³/mol. The van der Waals surface area contributed by atoms with Crippen LogP contribution in [-0.2, 0) is 16.0 Å². The Morgan fingerprint density at radius 1 is 1.21 bits per heavy atom. The Kier molecular flexibility index (Phi) is 13.1. The highest BCUT2D eigenvalue weighted by atomic mass is 32.1.